The van der Waals surface area contributed by atoms with Crippen molar-refractivity contribution < 1.29 is 5.11 Å². The van der Waals surface area contributed by atoms with Gasteiger partial charge in [-0.1, -0.05) is 12.1 Å². The zero-order valence-corrected chi connectivity index (χ0v) is 9.98. The lowest BCUT2D eigenvalue weighted by Gasteiger charge is -1.96. The number of hydrogen-bond acceptors (Lipinski definition) is 4. The van der Waals surface area contributed by atoms with Crippen molar-refractivity contribution in [3.63, 3.8) is 0 Å². The predicted octanol–water partition coefficient (Wildman–Crippen LogP) is 1.90. The summed E-state index contributed by atoms with van der Waals surface area (Å²) >= 11 is 0. The molecular weight excluding hydrogens is 240 g/mol. The van der Waals surface area contributed by atoms with Gasteiger partial charge in [0.15, 0.2) is 11.5 Å². The minimum Gasteiger partial charge on any atom is -0.508 e. The molecule has 2 heterocycles. The van der Waals surface area contributed by atoms with Gasteiger partial charge in [0.25, 0.3) is 0 Å². The highest BCUT2D eigenvalue weighted by Crippen LogP contribution is 2.13. The van der Waals surface area contributed by atoms with Crippen molar-refractivity contribution in [3.05, 3.63) is 59.5 Å². The van der Waals surface area contributed by atoms with Crippen molar-refractivity contribution in [1.82, 2.24) is 14.6 Å². The highest BCUT2D eigenvalue weighted by molar-refractivity contribution is 5.42. The smallest absolute Gasteiger partial charge is 0.156 e. The van der Waals surface area contributed by atoms with Crippen LogP contribution < -0.4 is 0 Å². The zero-order chi connectivity index (χ0) is 13.2. The van der Waals surface area contributed by atoms with Crippen molar-refractivity contribution in [2.45, 2.75) is 6.42 Å². The molecule has 0 aliphatic carbocycles. The number of nitrogens with zero attached hydrogens (tertiary/aromatic N) is 4. The lowest BCUT2D eigenvalue weighted by atomic mass is 10.1. The van der Waals surface area contributed by atoms with E-state index in [0.29, 0.717) is 23.5 Å². The zero-order valence-electron chi connectivity index (χ0n) is 9.98. The third kappa shape index (κ3) is 2.24. The van der Waals surface area contributed by atoms with Crippen molar-refractivity contribution in [1.29, 1.82) is 5.26 Å². The Hall–Kier alpha value is -2.87. The topological polar surface area (TPSA) is 74.2 Å². The Morgan fingerprint density at radius 3 is 2.68 bits per heavy atom. The Labute approximate surface area is 109 Å². The van der Waals surface area contributed by atoms with Gasteiger partial charge in [0.2, 0.25) is 0 Å². The van der Waals surface area contributed by atoms with E-state index < -0.39 is 0 Å². The quantitative estimate of drug-likeness (QED) is 0.753. The van der Waals surface area contributed by atoms with Crippen LogP contribution in [-0.4, -0.2) is 19.7 Å². The first-order valence-electron chi connectivity index (χ1n) is 5.78. The normalized spacial score (nSPS) is 10.5. The molecule has 5 heteroatoms. The van der Waals surface area contributed by atoms with Crippen LogP contribution in [0.25, 0.3) is 5.65 Å². The number of pyridine rings is 1. The maximum Gasteiger partial charge on any atom is 0.156 e. The van der Waals surface area contributed by atoms with E-state index in [9.17, 15) is 5.11 Å². The van der Waals surface area contributed by atoms with Gasteiger partial charge in [-0.2, -0.15) is 10.4 Å². The van der Waals surface area contributed by atoms with Crippen LogP contribution in [0.1, 0.15) is 17.0 Å². The average Bonchev–Trinajstić information content (AvgIpc) is 2.82. The maximum atomic E-state index is 9.23. The van der Waals surface area contributed by atoms with Gasteiger partial charge in [-0.05, 0) is 29.8 Å². The van der Waals surface area contributed by atoms with Crippen LogP contribution in [0.3, 0.4) is 0 Å². The molecule has 0 aliphatic heterocycles. The molecule has 0 unspecified atom stereocenters. The number of aromatic hydroxyl groups is 1. The maximum absolute atomic E-state index is 9.23. The van der Waals surface area contributed by atoms with Crippen LogP contribution in [0.5, 0.6) is 5.75 Å². The number of phenols is 1. The van der Waals surface area contributed by atoms with Gasteiger partial charge in [-0.25, -0.2) is 9.50 Å². The summed E-state index contributed by atoms with van der Waals surface area (Å²) in [6, 6.07) is 12.5. The predicted molar refractivity (Wildman–Crippen MR) is 68.6 cm³/mol. The average molecular weight is 250 g/mol. The van der Waals surface area contributed by atoms with Crippen LogP contribution >= 0.6 is 0 Å². The van der Waals surface area contributed by atoms with Crippen LogP contribution in [0, 0.1) is 11.3 Å². The highest BCUT2D eigenvalue weighted by atomic mass is 16.3. The molecule has 3 rings (SSSR count). The highest BCUT2D eigenvalue weighted by Gasteiger charge is 2.05. The molecule has 0 fully saturated rings. The first-order chi connectivity index (χ1) is 9.24. The van der Waals surface area contributed by atoms with Crippen molar-refractivity contribution >= 4 is 5.65 Å². The molecule has 19 heavy (non-hydrogen) atoms. The fourth-order valence-electron chi connectivity index (χ4n) is 1.87. The van der Waals surface area contributed by atoms with Crippen molar-refractivity contribution in [2.75, 3.05) is 0 Å². The summed E-state index contributed by atoms with van der Waals surface area (Å²) in [6.45, 7) is 0. The third-order valence-corrected chi connectivity index (χ3v) is 2.80. The molecule has 1 N–H and O–H groups in total. The van der Waals surface area contributed by atoms with Gasteiger partial charge in [0, 0.05) is 12.6 Å². The first-order valence-corrected chi connectivity index (χ1v) is 5.78. The molecule has 0 saturated carbocycles. The fraction of sp³-hybridized carbons (Fsp3) is 0.0714. The second kappa shape index (κ2) is 4.42. The third-order valence-electron chi connectivity index (χ3n) is 2.80. The number of rotatable bonds is 2. The molecule has 5 nitrogen and oxygen atoms in total. The number of nitriles is 1. The van der Waals surface area contributed by atoms with Crippen LogP contribution in [0.2, 0.25) is 0 Å². The van der Waals surface area contributed by atoms with Gasteiger partial charge >= 0.3 is 0 Å². The number of fused-ring (bicyclic) bond motifs is 1. The molecule has 0 bridgehead atoms. The van der Waals surface area contributed by atoms with Crippen molar-refractivity contribution in [2.24, 2.45) is 0 Å². The van der Waals surface area contributed by atoms with Gasteiger partial charge in [-0.3, -0.25) is 0 Å². The Morgan fingerprint density at radius 2 is 1.95 bits per heavy atom. The summed E-state index contributed by atoms with van der Waals surface area (Å²) in [7, 11) is 0. The van der Waals surface area contributed by atoms with E-state index >= 15 is 0 Å². The van der Waals surface area contributed by atoms with E-state index in [0.717, 1.165) is 5.56 Å². The summed E-state index contributed by atoms with van der Waals surface area (Å²) in [5.74, 6) is 0.922. The molecule has 0 atom stereocenters. The molecule has 0 saturated heterocycles. The SMILES string of the molecule is N#Cc1ccc2nc(Cc3ccc(O)cc3)nn2c1. The Bertz CT molecular complexity index is 768. The van der Waals surface area contributed by atoms with Gasteiger partial charge < -0.3 is 5.11 Å². The van der Waals surface area contributed by atoms with Crippen LogP contribution in [0.4, 0.5) is 0 Å². The van der Waals surface area contributed by atoms with Crippen LogP contribution in [-0.2, 0) is 6.42 Å². The van der Waals surface area contributed by atoms with E-state index in [1.165, 1.54) is 0 Å². The summed E-state index contributed by atoms with van der Waals surface area (Å²) in [6.07, 6.45) is 2.24. The van der Waals surface area contributed by atoms with Gasteiger partial charge in [0.05, 0.1) is 5.56 Å². The Balaban J connectivity index is 1.93. The number of phenolic OH excluding ortho intramolecular Hbond substituents is 1. The van der Waals surface area contributed by atoms with Gasteiger partial charge in [0.1, 0.15) is 11.8 Å². The van der Waals surface area contributed by atoms with E-state index in [4.69, 9.17) is 5.26 Å². The standard InChI is InChI=1S/C14H10N4O/c15-8-11-3-6-14-16-13(17-18(14)9-11)7-10-1-4-12(19)5-2-10/h1-6,9,19H,7H2. The summed E-state index contributed by atoms with van der Waals surface area (Å²) in [4.78, 5) is 4.39. The summed E-state index contributed by atoms with van der Waals surface area (Å²) in [5, 5.41) is 22.4. The monoisotopic (exact) mass is 250 g/mol. The molecule has 92 valence electrons. The largest absolute Gasteiger partial charge is 0.508 e. The molecular formula is C14H10N4O. The molecule has 0 amide bonds. The first kappa shape index (κ1) is 11.2. The fourth-order valence-corrected chi connectivity index (χ4v) is 1.87. The van der Waals surface area contributed by atoms with Gasteiger partial charge in [-0.15, -0.1) is 0 Å². The summed E-state index contributed by atoms with van der Waals surface area (Å²) in [5.41, 5.74) is 2.29. The minimum absolute atomic E-state index is 0.241. The van der Waals surface area contributed by atoms with Crippen molar-refractivity contribution in [3.8, 4) is 11.8 Å². The lowest BCUT2D eigenvalue weighted by Crippen LogP contribution is -1.92. The van der Waals surface area contributed by atoms with E-state index in [1.807, 2.05) is 12.1 Å². The lowest BCUT2D eigenvalue weighted by molar-refractivity contribution is 0.475. The van der Waals surface area contributed by atoms with E-state index in [2.05, 4.69) is 16.2 Å². The Kier molecular flexibility index (Phi) is 2.62. The van der Waals surface area contributed by atoms with E-state index in [-0.39, 0.29) is 5.75 Å². The molecule has 3 aromatic rings. The molecule has 0 spiro atoms. The molecule has 2 aromatic heterocycles. The summed E-state index contributed by atoms with van der Waals surface area (Å²) < 4.78 is 1.61. The second-order valence-electron chi connectivity index (χ2n) is 4.20. The molecule has 0 aliphatic rings. The second-order valence-corrected chi connectivity index (χ2v) is 4.20. The molecule has 1 aromatic carbocycles. The Morgan fingerprint density at radius 1 is 1.16 bits per heavy atom. The number of benzene rings is 1. The molecule has 0 radical (unpaired) electrons. The van der Waals surface area contributed by atoms with E-state index in [1.54, 1.807) is 35.0 Å². The van der Waals surface area contributed by atoms with Crippen LogP contribution in [0.15, 0.2) is 42.6 Å². The number of hydrogen-bond donors (Lipinski definition) is 1. The minimum atomic E-state index is 0.241. The number of aromatic nitrogens is 3.